The lowest BCUT2D eigenvalue weighted by Gasteiger charge is -1.89. The Morgan fingerprint density at radius 1 is 1.64 bits per heavy atom. The highest BCUT2D eigenvalue weighted by Crippen LogP contribution is 1.86. The summed E-state index contributed by atoms with van der Waals surface area (Å²) in [4.78, 5) is 9.10. The van der Waals surface area contributed by atoms with Crippen LogP contribution in [0.1, 0.15) is 13.8 Å². The molecule has 0 rings (SSSR count). The Morgan fingerprint density at radius 3 is 1.91 bits per heavy atom. The number of hydrogen-bond donors (Lipinski definition) is 1. The standard InChI is InChI=1S/C4H8O2.CH3Cl2N.H2O/c1-3-6-4(2)5;2-1(3)4;/h3H2,1-2H3;1H,4H2;1H2. The van der Waals surface area contributed by atoms with Crippen molar-refractivity contribution in [1.82, 2.24) is 0 Å². The van der Waals surface area contributed by atoms with Gasteiger partial charge < -0.3 is 15.9 Å². The Kier molecular flexibility index (Phi) is 19.7. The third kappa shape index (κ3) is 71.8. The number of esters is 1. The van der Waals surface area contributed by atoms with Gasteiger partial charge in [-0.05, 0) is 6.92 Å². The van der Waals surface area contributed by atoms with Crippen molar-refractivity contribution in [2.45, 2.75) is 18.8 Å². The van der Waals surface area contributed by atoms with E-state index in [2.05, 4.69) is 10.5 Å². The van der Waals surface area contributed by atoms with Gasteiger partial charge in [0.1, 0.15) is 0 Å². The second-order valence-electron chi connectivity index (χ2n) is 1.26. The number of hydrogen-bond acceptors (Lipinski definition) is 3. The van der Waals surface area contributed by atoms with Crippen LogP contribution in [-0.2, 0) is 9.53 Å². The molecule has 0 fully saturated rings. The smallest absolute Gasteiger partial charge is 0.302 e. The minimum atomic E-state index is -0.722. The number of nitrogens with two attached hydrogens (primary N) is 1. The Hall–Kier alpha value is -0.0300. The number of ether oxygens (including phenoxy) is 1. The molecule has 0 aliphatic rings. The number of alkyl halides is 2. The highest BCUT2D eigenvalue weighted by atomic mass is 35.5. The normalized spacial score (nSPS) is 7.45. The van der Waals surface area contributed by atoms with Crippen LogP contribution >= 0.6 is 23.2 Å². The minimum Gasteiger partial charge on any atom is -0.466 e. The summed E-state index contributed by atoms with van der Waals surface area (Å²) >= 11 is 9.64. The maximum atomic E-state index is 9.82. The summed E-state index contributed by atoms with van der Waals surface area (Å²) in [6, 6.07) is 0. The number of carbonyl (C=O) groups excluding carboxylic acids is 1. The number of halogens is 2. The molecule has 11 heavy (non-hydrogen) atoms. The summed E-state index contributed by atoms with van der Waals surface area (Å²) in [6.07, 6.45) is 0. The minimum absolute atomic E-state index is 0. The molecule has 0 aromatic carbocycles. The van der Waals surface area contributed by atoms with Crippen LogP contribution in [0.5, 0.6) is 0 Å². The summed E-state index contributed by atoms with van der Waals surface area (Å²) in [5.74, 6) is -0.211. The van der Waals surface area contributed by atoms with E-state index in [1.807, 2.05) is 0 Å². The largest absolute Gasteiger partial charge is 0.466 e. The molecule has 0 aromatic rings. The molecular formula is C5H13Cl2NO3. The first-order chi connectivity index (χ1) is 4.50. The van der Waals surface area contributed by atoms with Crippen molar-refractivity contribution in [2.75, 3.05) is 6.61 Å². The molecule has 0 unspecified atom stereocenters. The topological polar surface area (TPSA) is 83.8 Å². The Labute approximate surface area is 75.9 Å². The van der Waals surface area contributed by atoms with Crippen LogP contribution in [0.3, 0.4) is 0 Å². The van der Waals surface area contributed by atoms with E-state index in [-0.39, 0.29) is 11.4 Å². The van der Waals surface area contributed by atoms with Gasteiger partial charge in [0.15, 0.2) is 4.96 Å². The molecule has 6 heteroatoms. The SMILES string of the molecule is CCOC(C)=O.NC(Cl)Cl.O. The highest BCUT2D eigenvalue weighted by molar-refractivity contribution is 6.43. The fourth-order valence-electron chi connectivity index (χ4n) is 0.203. The first kappa shape index (κ1) is 17.2. The molecule has 0 saturated carbocycles. The molecule has 4 N–H and O–H groups in total. The third-order valence-corrected chi connectivity index (χ3v) is 0.348. The summed E-state index contributed by atoms with van der Waals surface area (Å²) in [5.41, 5.74) is 4.64. The second kappa shape index (κ2) is 12.6. The number of carbonyl (C=O) groups is 1. The maximum Gasteiger partial charge on any atom is 0.302 e. The molecule has 0 aliphatic carbocycles. The van der Waals surface area contributed by atoms with Crippen molar-refractivity contribution in [1.29, 1.82) is 0 Å². The van der Waals surface area contributed by atoms with E-state index in [4.69, 9.17) is 23.2 Å². The van der Waals surface area contributed by atoms with Gasteiger partial charge in [-0.3, -0.25) is 4.79 Å². The second-order valence-corrected chi connectivity index (χ2v) is 2.42. The van der Waals surface area contributed by atoms with Crippen LogP contribution in [0, 0.1) is 0 Å². The molecule has 0 aromatic heterocycles. The van der Waals surface area contributed by atoms with E-state index in [0.29, 0.717) is 6.61 Å². The van der Waals surface area contributed by atoms with Gasteiger partial charge in [-0.15, -0.1) is 0 Å². The highest BCUT2D eigenvalue weighted by Gasteiger charge is 1.81. The Morgan fingerprint density at radius 2 is 1.91 bits per heavy atom. The summed E-state index contributed by atoms with van der Waals surface area (Å²) in [6.45, 7) is 3.65. The van der Waals surface area contributed by atoms with E-state index in [9.17, 15) is 4.79 Å². The van der Waals surface area contributed by atoms with Crippen molar-refractivity contribution in [3.8, 4) is 0 Å². The molecule has 0 radical (unpaired) electrons. The summed E-state index contributed by atoms with van der Waals surface area (Å²) < 4.78 is 4.40. The molecule has 70 valence electrons. The van der Waals surface area contributed by atoms with Crippen LogP contribution in [-0.4, -0.2) is 23.0 Å². The van der Waals surface area contributed by atoms with E-state index in [0.717, 1.165) is 0 Å². The molecule has 0 amide bonds. The van der Waals surface area contributed by atoms with Crippen LogP contribution in [0.2, 0.25) is 0 Å². The van der Waals surface area contributed by atoms with Crippen molar-refractivity contribution in [3.05, 3.63) is 0 Å². The first-order valence-corrected chi connectivity index (χ1v) is 3.55. The van der Waals surface area contributed by atoms with Crippen LogP contribution < -0.4 is 5.73 Å². The fraction of sp³-hybridized carbons (Fsp3) is 0.800. The van der Waals surface area contributed by atoms with E-state index in [1.165, 1.54) is 6.92 Å². The van der Waals surface area contributed by atoms with Gasteiger partial charge in [-0.25, -0.2) is 0 Å². The quantitative estimate of drug-likeness (QED) is 0.384. The molecule has 0 bridgehead atoms. The van der Waals surface area contributed by atoms with E-state index in [1.54, 1.807) is 6.92 Å². The lowest BCUT2D eigenvalue weighted by molar-refractivity contribution is -0.140. The van der Waals surface area contributed by atoms with Gasteiger partial charge in [0.05, 0.1) is 6.61 Å². The van der Waals surface area contributed by atoms with Crippen molar-refractivity contribution < 1.29 is 15.0 Å². The van der Waals surface area contributed by atoms with Gasteiger partial charge in [0.25, 0.3) is 0 Å². The predicted molar refractivity (Wildman–Crippen MR) is 45.6 cm³/mol. The average Bonchev–Trinajstić information content (AvgIpc) is 1.62. The van der Waals surface area contributed by atoms with E-state index < -0.39 is 4.96 Å². The predicted octanol–water partition coefficient (Wildman–Crippen LogP) is 0.451. The van der Waals surface area contributed by atoms with Crippen LogP contribution in [0.15, 0.2) is 0 Å². The molecule has 0 saturated heterocycles. The first-order valence-electron chi connectivity index (χ1n) is 2.67. The molecule has 0 aliphatic heterocycles. The van der Waals surface area contributed by atoms with Crippen molar-refractivity contribution in [3.63, 3.8) is 0 Å². The Bertz CT molecular complexity index is 87.0. The zero-order chi connectivity index (χ0) is 8.57. The monoisotopic (exact) mass is 205 g/mol. The molecule has 0 spiro atoms. The lowest BCUT2D eigenvalue weighted by atomic mass is 10.8. The Balaban J connectivity index is -0.000000114. The van der Waals surface area contributed by atoms with Gasteiger partial charge in [0.2, 0.25) is 0 Å². The number of rotatable bonds is 1. The zero-order valence-electron chi connectivity index (χ0n) is 6.43. The van der Waals surface area contributed by atoms with Gasteiger partial charge in [-0.2, -0.15) is 0 Å². The maximum absolute atomic E-state index is 9.82. The van der Waals surface area contributed by atoms with Gasteiger partial charge in [-0.1, -0.05) is 23.2 Å². The molecule has 0 heterocycles. The molecule has 0 atom stereocenters. The van der Waals surface area contributed by atoms with Gasteiger partial charge in [0, 0.05) is 6.92 Å². The lowest BCUT2D eigenvalue weighted by Crippen LogP contribution is -1.99. The van der Waals surface area contributed by atoms with Gasteiger partial charge >= 0.3 is 5.97 Å². The van der Waals surface area contributed by atoms with Crippen molar-refractivity contribution in [2.24, 2.45) is 5.73 Å². The third-order valence-electron chi connectivity index (χ3n) is 0.348. The average molecular weight is 206 g/mol. The zero-order valence-corrected chi connectivity index (χ0v) is 7.95. The summed E-state index contributed by atoms with van der Waals surface area (Å²) in [7, 11) is 0. The van der Waals surface area contributed by atoms with Crippen molar-refractivity contribution >= 4 is 29.2 Å². The fourth-order valence-corrected chi connectivity index (χ4v) is 0.203. The van der Waals surface area contributed by atoms with E-state index >= 15 is 0 Å². The van der Waals surface area contributed by atoms with Crippen LogP contribution in [0.25, 0.3) is 0 Å². The summed E-state index contributed by atoms with van der Waals surface area (Å²) in [5, 5.41) is 0. The molecular weight excluding hydrogens is 193 g/mol. The molecule has 4 nitrogen and oxygen atoms in total. The van der Waals surface area contributed by atoms with Crippen LogP contribution in [0.4, 0.5) is 0 Å².